The summed E-state index contributed by atoms with van der Waals surface area (Å²) in [5, 5.41) is 0. The third-order valence-electron chi connectivity index (χ3n) is 4.76. The summed E-state index contributed by atoms with van der Waals surface area (Å²) in [7, 11) is 0. The minimum atomic E-state index is -0.517. The lowest BCUT2D eigenvalue weighted by Crippen LogP contribution is -2.46. The number of fused-ring (bicyclic) bond motifs is 1. The van der Waals surface area contributed by atoms with E-state index in [9.17, 15) is 4.79 Å². The fourth-order valence-electron chi connectivity index (χ4n) is 3.64. The standard InChI is InChI=1S/C20H21BrO/c1-14-8-4-5-9-15(14)12-20(21)13-19(2,3)17-11-7-6-10-16(17)18(20)22/h4-11H,12-13H2,1-3H3/t20-/m0/s1. The van der Waals surface area contributed by atoms with Crippen molar-refractivity contribution in [1.82, 2.24) is 0 Å². The van der Waals surface area contributed by atoms with Gasteiger partial charge in [-0.3, -0.25) is 4.79 Å². The van der Waals surface area contributed by atoms with Crippen LogP contribution in [0.15, 0.2) is 48.5 Å². The maximum absolute atomic E-state index is 13.1. The molecule has 3 rings (SSSR count). The zero-order valence-electron chi connectivity index (χ0n) is 13.3. The second-order valence-corrected chi connectivity index (χ2v) is 8.52. The molecular formula is C20H21BrO. The lowest BCUT2D eigenvalue weighted by Gasteiger charge is -2.42. The quantitative estimate of drug-likeness (QED) is 0.672. The lowest BCUT2D eigenvalue weighted by atomic mass is 9.66. The van der Waals surface area contributed by atoms with Crippen molar-refractivity contribution in [3.05, 3.63) is 70.8 Å². The van der Waals surface area contributed by atoms with E-state index in [1.807, 2.05) is 30.3 Å². The van der Waals surface area contributed by atoms with E-state index in [-0.39, 0.29) is 11.2 Å². The molecule has 0 spiro atoms. The predicted octanol–water partition coefficient (Wildman–Crippen LogP) is 5.24. The highest BCUT2D eigenvalue weighted by Crippen LogP contribution is 2.47. The predicted molar refractivity (Wildman–Crippen MR) is 95.0 cm³/mol. The molecule has 1 aliphatic rings. The van der Waals surface area contributed by atoms with E-state index < -0.39 is 4.32 Å². The number of carbonyl (C=O) groups excluding carboxylic acids is 1. The van der Waals surface area contributed by atoms with Crippen LogP contribution in [0, 0.1) is 6.92 Å². The van der Waals surface area contributed by atoms with Gasteiger partial charge in [-0.15, -0.1) is 0 Å². The molecule has 2 aromatic rings. The minimum absolute atomic E-state index is 0.0172. The Bertz CT molecular complexity index is 732. The molecule has 1 aliphatic carbocycles. The molecule has 0 N–H and O–H groups in total. The maximum Gasteiger partial charge on any atom is 0.180 e. The molecule has 0 radical (unpaired) electrons. The number of alkyl halides is 1. The molecular weight excluding hydrogens is 336 g/mol. The Morgan fingerprint density at radius 3 is 2.41 bits per heavy atom. The van der Waals surface area contributed by atoms with E-state index in [0.29, 0.717) is 0 Å². The zero-order chi connectivity index (χ0) is 16.0. The Kier molecular flexibility index (Phi) is 3.76. The van der Waals surface area contributed by atoms with Gasteiger partial charge in [0.2, 0.25) is 0 Å². The molecule has 0 amide bonds. The van der Waals surface area contributed by atoms with Gasteiger partial charge in [0.05, 0.1) is 4.32 Å². The molecule has 0 aromatic heterocycles. The first-order valence-corrected chi connectivity index (χ1v) is 8.51. The number of hydrogen-bond acceptors (Lipinski definition) is 1. The Morgan fingerprint density at radius 2 is 1.68 bits per heavy atom. The molecule has 2 aromatic carbocycles. The van der Waals surface area contributed by atoms with Crippen LogP contribution in [-0.4, -0.2) is 10.1 Å². The van der Waals surface area contributed by atoms with Crippen LogP contribution >= 0.6 is 15.9 Å². The number of benzene rings is 2. The minimum Gasteiger partial charge on any atom is -0.293 e. The molecule has 0 saturated carbocycles. The van der Waals surface area contributed by atoms with Gasteiger partial charge in [-0.25, -0.2) is 0 Å². The van der Waals surface area contributed by atoms with Crippen molar-refractivity contribution in [3.8, 4) is 0 Å². The van der Waals surface area contributed by atoms with E-state index >= 15 is 0 Å². The van der Waals surface area contributed by atoms with Crippen LogP contribution in [0.1, 0.15) is 47.3 Å². The summed E-state index contributed by atoms with van der Waals surface area (Å²) >= 11 is 3.83. The second kappa shape index (κ2) is 5.34. The maximum atomic E-state index is 13.1. The SMILES string of the molecule is Cc1ccccc1C[C@]1(Br)CC(C)(C)c2ccccc2C1=O. The van der Waals surface area contributed by atoms with E-state index in [1.54, 1.807) is 0 Å². The molecule has 0 heterocycles. The number of aryl methyl sites for hydroxylation is 1. The zero-order valence-corrected chi connectivity index (χ0v) is 14.9. The highest BCUT2D eigenvalue weighted by atomic mass is 79.9. The van der Waals surface area contributed by atoms with E-state index in [2.05, 4.69) is 54.9 Å². The third-order valence-corrected chi connectivity index (χ3v) is 5.68. The van der Waals surface area contributed by atoms with Crippen LogP contribution in [0.3, 0.4) is 0 Å². The second-order valence-electron chi connectivity index (χ2n) is 7.00. The Hall–Kier alpha value is -1.41. The number of rotatable bonds is 2. The van der Waals surface area contributed by atoms with Crippen molar-refractivity contribution in [2.24, 2.45) is 0 Å². The first-order valence-electron chi connectivity index (χ1n) is 7.71. The van der Waals surface area contributed by atoms with Gasteiger partial charge in [0, 0.05) is 5.56 Å². The van der Waals surface area contributed by atoms with Gasteiger partial charge < -0.3 is 0 Å². The number of hydrogen-bond donors (Lipinski definition) is 0. The van der Waals surface area contributed by atoms with Gasteiger partial charge in [0.1, 0.15) is 0 Å². The number of halogens is 1. The first kappa shape index (κ1) is 15.5. The molecule has 2 heteroatoms. The number of carbonyl (C=O) groups is 1. The summed E-state index contributed by atoms with van der Waals surface area (Å²) in [6.07, 6.45) is 1.54. The van der Waals surface area contributed by atoms with Crippen LogP contribution in [0.25, 0.3) is 0 Å². The summed E-state index contributed by atoms with van der Waals surface area (Å²) in [6, 6.07) is 16.4. The molecule has 0 fully saturated rings. The van der Waals surface area contributed by atoms with E-state index in [4.69, 9.17) is 0 Å². The average molecular weight is 357 g/mol. The lowest BCUT2D eigenvalue weighted by molar-refractivity contribution is 0.0908. The Morgan fingerprint density at radius 1 is 1.05 bits per heavy atom. The van der Waals surface area contributed by atoms with Gasteiger partial charge >= 0.3 is 0 Å². The van der Waals surface area contributed by atoms with Crippen LogP contribution in [-0.2, 0) is 11.8 Å². The highest BCUT2D eigenvalue weighted by Gasteiger charge is 2.47. The number of Topliss-reactive ketones (excluding diaryl/α,β-unsaturated/α-hetero) is 1. The van der Waals surface area contributed by atoms with Crippen LogP contribution in [0.4, 0.5) is 0 Å². The Balaban J connectivity index is 2.05. The van der Waals surface area contributed by atoms with Crippen molar-refractivity contribution in [1.29, 1.82) is 0 Å². The molecule has 22 heavy (non-hydrogen) atoms. The third kappa shape index (κ3) is 2.54. The van der Waals surface area contributed by atoms with Crippen molar-refractivity contribution in [2.75, 3.05) is 0 Å². The molecule has 114 valence electrons. The molecule has 0 aliphatic heterocycles. The Labute approximate surface area is 140 Å². The largest absolute Gasteiger partial charge is 0.293 e. The fraction of sp³-hybridized carbons (Fsp3) is 0.350. The van der Waals surface area contributed by atoms with Gasteiger partial charge in [-0.2, -0.15) is 0 Å². The summed E-state index contributed by atoms with van der Waals surface area (Å²) in [4.78, 5) is 13.1. The number of ketones is 1. The van der Waals surface area contributed by atoms with Gasteiger partial charge in [-0.1, -0.05) is 78.3 Å². The summed E-state index contributed by atoms with van der Waals surface area (Å²) < 4.78 is -0.517. The molecule has 0 bridgehead atoms. The summed E-state index contributed by atoms with van der Waals surface area (Å²) in [5.41, 5.74) is 4.49. The fourth-order valence-corrected chi connectivity index (χ4v) is 4.86. The highest BCUT2D eigenvalue weighted by molar-refractivity contribution is 9.10. The monoisotopic (exact) mass is 356 g/mol. The average Bonchev–Trinajstić information content (AvgIpc) is 2.47. The molecule has 1 atom stereocenters. The van der Waals surface area contributed by atoms with Crippen LogP contribution in [0.5, 0.6) is 0 Å². The van der Waals surface area contributed by atoms with Gasteiger partial charge in [0.15, 0.2) is 5.78 Å². The molecule has 0 unspecified atom stereocenters. The smallest absolute Gasteiger partial charge is 0.180 e. The van der Waals surface area contributed by atoms with E-state index in [0.717, 1.165) is 18.4 Å². The topological polar surface area (TPSA) is 17.1 Å². The van der Waals surface area contributed by atoms with Crippen LogP contribution in [0.2, 0.25) is 0 Å². The summed E-state index contributed by atoms with van der Waals surface area (Å²) in [6.45, 7) is 6.57. The molecule has 0 saturated heterocycles. The van der Waals surface area contributed by atoms with Gasteiger partial charge in [0.25, 0.3) is 0 Å². The summed E-state index contributed by atoms with van der Waals surface area (Å²) in [5.74, 6) is 0.214. The van der Waals surface area contributed by atoms with Crippen molar-refractivity contribution >= 4 is 21.7 Å². The first-order chi connectivity index (χ1) is 10.3. The van der Waals surface area contributed by atoms with E-state index in [1.165, 1.54) is 16.7 Å². The molecule has 1 nitrogen and oxygen atoms in total. The van der Waals surface area contributed by atoms with Crippen molar-refractivity contribution in [2.45, 2.75) is 43.4 Å². The van der Waals surface area contributed by atoms with Crippen molar-refractivity contribution < 1.29 is 4.79 Å². The van der Waals surface area contributed by atoms with Gasteiger partial charge in [-0.05, 0) is 41.9 Å². The van der Waals surface area contributed by atoms with Crippen LogP contribution < -0.4 is 0 Å². The van der Waals surface area contributed by atoms with Crippen molar-refractivity contribution in [3.63, 3.8) is 0 Å². The normalized spacial score (nSPS) is 23.2.